The van der Waals surface area contributed by atoms with Gasteiger partial charge in [-0.2, -0.15) is 0 Å². The number of piperidine rings is 1. The Hall–Kier alpha value is -1.09. The van der Waals surface area contributed by atoms with Gasteiger partial charge in [0.05, 0.1) is 0 Å². The number of hydrogen-bond donors (Lipinski definition) is 1. The maximum atomic E-state index is 4.62. The highest BCUT2D eigenvalue weighted by molar-refractivity contribution is 5.40. The van der Waals surface area contributed by atoms with Crippen molar-refractivity contribution < 1.29 is 0 Å². The molecule has 2 aliphatic heterocycles. The van der Waals surface area contributed by atoms with Gasteiger partial charge < -0.3 is 10.2 Å². The molecule has 2 fully saturated rings. The molecule has 0 aliphatic carbocycles. The molecule has 0 bridgehead atoms. The van der Waals surface area contributed by atoms with E-state index in [4.69, 9.17) is 0 Å². The highest BCUT2D eigenvalue weighted by Gasteiger charge is 2.32. The minimum atomic E-state index is 0.765. The van der Waals surface area contributed by atoms with E-state index >= 15 is 0 Å². The maximum Gasteiger partial charge on any atom is 0.128 e. The van der Waals surface area contributed by atoms with Crippen LogP contribution < -0.4 is 10.2 Å². The van der Waals surface area contributed by atoms with E-state index in [1.165, 1.54) is 25.9 Å². The molecule has 3 rings (SSSR count). The summed E-state index contributed by atoms with van der Waals surface area (Å²) in [5, 5.41) is 3.59. The van der Waals surface area contributed by atoms with Crippen molar-refractivity contribution in [2.45, 2.75) is 25.8 Å². The monoisotopic (exact) mass is 217 g/mol. The average molecular weight is 217 g/mol. The van der Waals surface area contributed by atoms with Crippen molar-refractivity contribution >= 4 is 5.82 Å². The molecule has 0 amide bonds. The summed E-state index contributed by atoms with van der Waals surface area (Å²) < 4.78 is 0. The molecule has 1 aromatic heterocycles. The third kappa shape index (κ3) is 1.80. The summed E-state index contributed by atoms with van der Waals surface area (Å²) in [6, 6.07) is 7.07. The fraction of sp³-hybridized carbons (Fsp3) is 0.615. The summed E-state index contributed by atoms with van der Waals surface area (Å²) in [6.45, 7) is 5.58. The number of nitrogens with one attached hydrogen (secondary N) is 1. The summed E-state index contributed by atoms with van der Waals surface area (Å²) in [5.74, 6) is 1.99. The van der Waals surface area contributed by atoms with E-state index in [1.54, 1.807) is 0 Å². The molecule has 86 valence electrons. The van der Waals surface area contributed by atoms with Crippen molar-refractivity contribution in [1.29, 1.82) is 0 Å². The number of fused-ring (bicyclic) bond motifs is 1. The van der Waals surface area contributed by atoms with Gasteiger partial charge in [0.25, 0.3) is 0 Å². The molecular weight excluding hydrogens is 198 g/mol. The average Bonchev–Trinajstić information content (AvgIpc) is 2.75. The van der Waals surface area contributed by atoms with Crippen LogP contribution in [0.25, 0.3) is 0 Å². The molecule has 0 aromatic carbocycles. The largest absolute Gasteiger partial charge is 0.356 e. The molecule has 2 unspecified atom stereocenters. The fourth-order valence-corrected chi connectivity index (χ4v) is 2.96. The van der Waals surface area contributed by atoms with Gasteiger partial charge in [0.15, 0.2) is 0 Å². The van der Waals surface area contributed by atoms with Gasteiger partial charge in [-0.1, -0.05) is 6.07 Å². The second-order valence-corrected chi connectivity index (χ2v) is 4.98. The zero-order valence-electron chi connectivity index (χ0n) is 9.82. The Morgan fingerprint density at radius 2 is 2.31 bits per heavy atom. The summed E-state index contributed by atoms with van der Waals surface area (Å²) in [4.78, 5) is 7.06. The maximum absolute atomic E-state index is 4.62. The molecule has 1 aromatic rings. The number of aryl methyl sites for hydroxylation is 1. The molecule has 1 N–H and O–H groups in total. The van der Waals surface area contributed by atoms with Crippen LogP contribution in [0.2, 0.25) is 0 Å². The molecule has 16 heavy (non-hydrogen) atoms. The number of hydrogen-bond acceptors (Lipinski definition) is 3. The molecular formula is C13H19N3. The highest BCUT2D eigenvalue weighted by atomic mass is 15.2. The second-order valence-electron chi connectivity index (χ2n) is 4.98. The number of nitrogens with zero attached hydrogens (tertiary/aromatic N) is 2. The minimum Gasteiger partial charge on any atom is -0.356 e. The van der Waals surface area contributed by atoms with E-state index in [9.17, 15) is 0 Å². The van der Waals surface area contributed by atoms with E-state index < -0.39 is 0 Å². The van der Waals surface area contributed by atoms with Crippen LogP contribution in [-0.4, -0.2) is 30.7 Å². The normalized spacial score (nSPS) is 29.2. The van der Waals surface area contributed by atoms with E-state index in [1.807, 2.05) is 0 Å². The standard InChI is InChI=1S/C13H19N3/c1-10-3-2-4-13(15-10)16-8-6-12-11(9-16)5-7-14-12/h2-4,11-12,14H,5-9H2,1H3. The quantitative estimate of drug-likeness (QED) is 0.774. The number of pyridine rings is 1. The third-order valence-corrected chi connectivity index (χ3v) is 3.85. The Labute approximate surface area is 96.9 Å². The predicted octanol–water partition coefficient (Wildman–Crippen LogP) is 1.58. The van der Waals surface area contributed by atoms with E-state index in [0.717, 1.165) is 30.0 Å². The van der Waals surface area contributed by atoms with Crippen LogP contribution in [0.5, 0.6) is 0 Å². The molecule has 2 aliphatic rings. The lowest BCUT2D eigenvalue weighted by molar-refractivity contribution is 0.375. The van der Waals surface area contributed by atoms with Crippen LogP contribution in [-0.2, 0) is 0 Å². The van der Waals surface area contributed by atoms with Crippen molar-refractivity contribution in [3.05, 3.63) is 23.9 Å². The van der Waals surface area contributed by atoms with Crippen LogP contribution in [0.1, 0.15) is 18.5 Å². The lowest BCUT2D eigenvalue weighted by atomic mass is 9.93. The number of anilines is 1. The van der Waals surface area contributed by atoms with Crippen molar-refractivity contribution in [2.24, 2.45) is 5.92 Å². The Morgan fingerprint density at radius 1 is 1.38 bits per heavy atom. The Balaban J connectivity index is 1.76. The van der Waals surface area contributed by atoms with Crippen LogP contribution in [0.3, 0.4) is 0 Å². The molecule has 3 heteroatoms. The molecule has 0 saturated carbocycles. The lowest BCUT2D eigenvalue weighted by Gasteiger charge is -2.35. The summed E-state index contributed by atoms with van der Waals surface area (Å²) >= 11 is 0. The van der Waals surface area contributed by atoms with Gasteiger partial charge in [-0.15, -0.1) is 0 Å². The van der Waals surface area contributed by atoms with Crippen molar-refractivity contribution in [3.8, 4) is 0 Å². The topological polar surface area (TPSA) is 28.2 Å². The Kier molecular flexibility index (Phi) is 2.56. The number of rotatable bonds is 1. The lowest BCUT2D eigenvalue weighted by Crippen LogP contribution is -2.44. The fourth-order valence-electron chi connectivity index (χ4n) is 2.96. The molecule has 2 saturated heterocycles. The van der Waals surface area contributed by atoms with Crippen molar-refractivity contribution in [2.75, 3.05) is 24.5 Å². The first-order valence-corrected chi connectivity index (χ1v) is 6.25. The molecule has 3 heterocycles. The van der Waals surface area contributed by atoms with E-state index in [-0.39, 0.29) is 0 Å². The predicted molar refractivity (Wildman–Crippen MR) is 65.7 cm³/mol. The first-order valence-electron chi connectivity index (χ1n) is 6.25. The summed E-state index contributed by atoms with van der Waals surface area (Å²) in [5.41, 5.74) is 1.11. The van der Waals surface area contributed by atoms with E-state index in [0.29, 0.717) is 0 Å². The van der Waals surface area contributed by atoms with Crippen molar-refractivity contribution in [1.82, 2.24) is 10.3 Å². The smallest absolute Gasteiger partial charge is 0.128 e. The van der Waals surface area contributed by atoms with Crippen LogP contribution in [0, 0.1) is 12.8 Å². The molecule has 3 nitrogen and oxygen atoms in total. The van der Waals surface area contributed by atoms with Crippen LogP contribution >= 0.6 is 0 Å². The first-order chi connectivity index (χ1) is 7.83. The SMILES string of the molecule is Cc1cccc(N2CCC3NCCC3C2)n1. The Morgan fingerprint density at radius 3 is 3.19 bits per heavy atom. The highest BCUT2D eigenvalue weighted by Crippen LogP contribution is 2.27. The van der Waals surface area contributed by atoms with Gasteiger partial charge in [0.2, 0.25) is 0 Å². The van der Waals surface area contributed by atoms with Gasteiger partial charge in [-0.3, -0.25) is 0 Å². The first kappa shape index (κ1) is 10.1. The van der Waals surface area contributed by atoms with Crippen LogP contribution in [0.4, 0.5) is 5.82 Å². The van der Waals surface area contributed by atoms with Gasteiger partial charge in [-0.05, 0) is 44.4 Å². The van der Waals surface area contributed by atoms with Crippen molar-refractivity contribution in [3.63, 3.8) is 0 Å². The zero-order valence-corrected chi connectivity index (χ0v) is 9.82. The molecule has 2 atom stereocenters. The van der Waals surface area contributed by atoms with Gasteiger partial charge in [0, 0.05) is 24.8 Å². The summed E-state index contributed by atoms with van der Waals surface area (Å²) in [7, 11) is 0. The van der Waals surface area contributed by atoms with Gasteiger partial charge in [0.1, 0.15) is 5.82 Å². The molecule has 0 radical (unpaired) electrons. The van der Waals surface area contributed by atoms with E-state index in [2.05, 4.69) is 40.3 Å². The molecule has 0 spiro atoms. The third-order valence-electron chi connectivity index (χ3n) is 3.85. The van der Waals surface area contributed by atoms with Gasteiger partial charge in [-0.25, -0.2) is 4.98 Å². The zero-order chi connectivity index (χ0) is 11.0. The summed E-state index contributed by atoms with van der Waals surface area (Å²) in [6.07, 6.45) is 2.59. The number of aromatic nitrogens is 1. The minimum absolute atomic E-state index is 0.765. The van der Waals surface area contributed by atoms with Crippen LogP contribution in [0.15, 0.2) is 18.2 Å². The Bertz CT molecular complexity index is 377. The second kappa shape index (κ2) is 4.06. The van der Waals surface area contributed by atoms with Gasteiger partial charge >= 0.3 is 0 Å².